The third-order valence-corrected chi connectivity index (χ3v) is 3.87. The molecule has 0 aliphatic rings. The van der Waals surface area contributed by atoms with Gasteiger partial charge in [-0.15, -0.1) is 11.3 Å². The summed E-state index contributed by atoms with van der Waals surface area (Å²) >= 11 is 1.43. The Labute approximate surface area is 123 Å². The maximum absolute atomic E-state index is 12.5. The van der Waals surface area contributed by atoms with Gasteiger partial charge in [0, 0.05) is 13.1 Å². The number of carbonyl (C=O) groups is 1. The minimum Gasteiger partial charge on any atom is -0.334 e. The van der Waals surface area contributed by atoms with Crippen molar-refractivity contribution in [2.24, 2.45) is 5.73 Å². The molecule has 2 N–H and O–H groups in total. The molecule has 1 aromatic heterocycles. The van der Waals surface area contributed by atoms with Crippen molar-refractivity contribution in [1.82, 2.24) is 9.88 Å². The van der Waals surface area contributed by atoms with E-state index in [1.54, 1.807) is 6.20 Å². The molecule has 0 radical (unpaired) electrons. The fourth-order valence-electron chi connectivity index (χ4n) is 1.95. The smallest absolute Gasteiger partial charge is 0.265 e. The van der Waals surface area contributed by atoms with E-state index in [1.807, 2.05) is 42.2 Å². The minimum absolute atomic E-state index is 0.0351. The third-order valence-electron chi connectivity index (χ3n) is 2.97. The first-order chi connectivity index (χ1) is 9.70. The van der Waals surface area contributed by atoms with E-state index in [1.165, 1.54) is 11.3 Å². The van der Waals surface area contributed by atoms with Gasteiger partial charge in [0.2, 0.25) is 0 Å². The van der Waals surface area contributed by atoms with Crippen molar-refractivity contribution in [3.05, 3.63) is 52.0 Å². The van der Waals surface area contributed by atoms with Crippen LogP contribution in [0.5, 0.6) is 0 Å². The summed E-state index contributed by atoms with van der Waals surface area (Å²) in [6.45, 7) is 3.76. The standard InChI is InChI=1S/C15H19N3OS/c1-12-17-10-14(20-12)15(19)18(9-5-8-16)11-13-6-3-2-4-7-13/h2-4,6-7,10H,5,8-9,11,16H2,1H3. The molecule has 0 saturated heterocycles. The van der Waals surface area contributed by atoms with Crippen molar-refractivity contribution in [3.63, 3.8) is 0 Å². The molecule has 1 amide bonds. The van der Waals surface area contributed by atoms with Crippen LogP contribution in [-0.2, 0) is 6.54 Å². The van der Waals surface area contributed by atoms with Crippen molar-refractivity contribution < 1.29 is 4.79 Å². The molecule has 0 unspecified atom stereocenters. The van der Waals surface area contributed by atoms with Crippen molar-refractivity contribution in [1.29, 1.82) is 0 Å². The van der Waals surface area contributed by atoms with E-state index in [-0.39, 0.29) is 5.91 Å². The second-order valence-electron chi connectivity index (χ2n) is 4.60. The Morgan fingerprint density at radius 1 is 1.35 bits per heavy atom. The monoisotopic (exact) mass is 289 g/mol. The maximum atomic E-state index is 12.5. The quantitative estimate of drug-likeness (QED) is 0.888. The number of aromatic nitrogens is 1. The fraction of sp³-hybridized carbons (Fsp3) is 0.333. The maximum Gasteiger partial charge on any atom is 0.265 e. The molecule has 0 aliphatic heterocycles. The highest BCUT2D eigenvalue weighted by molar-refractivity contribution is 7.13. The number of nitrogens with two attached hydrogens (primary N) is 1. The SMILES string of the molecule is Cc1ncc(C(=O)N(CCCN)Cc2ccccc2)s1. The molecule has 1 heterocycles. The van der Waals surface area contributed by atoms with Crippen molar-refractivity contribution >= 4 is 17.2 Å². The molecule has 1 aromatic carbocycles. The van der Waals surface area contributed by atoms with Crippen LogP contribution in [0.4, 0.5) is 0 Å². The second kappa shape index (κ2) is 7.17. The molecular weight excluding hydrogens is 270 g/mol. The van der Waals surface area contributed by atoms with Gasteiger partial charge in [-0.2, -0.15) is 0 Å². The molecule has 0 aliphatic carbocycles. The van der Waals surface area contributed by atoms with Crippen molar-refractivity contribution in [3.8, 4) is 0 Å². The van der Waals surface area contributed by atoms with Crippen molar-refractivity contribution in [2.45, 2.75) is 19.9 Å². The summed E-state index contributed by atoms with van der Waals surface area (Å²) in [5, 5.41) is 0.909. The molecule has 0 bridgehead atoms. The van der Waals surface area contributed by atoms with E-state index in [0.717, 1.165) is 17.0 Å². The Bertz CT molecular complexity index is 553. The number of aryl methyl sites for hydroxylation is 1. The Kier molecular flexibility index (Phi) is 5.26. The van der Waals surface area contributed by atoms with E-state index in [2.05, 4.69) is 4.98 Å². The lowest BCUT2D eigenvalue weighted by Gasteiger charge is -2.21. The zero-order chi connectivity index (χ0) is 14.4. The van der Waals surface area contributed by atoms with Crippen LogP contribution in [-0.4, -0.2) is 28.9 Å². The lowest BCUT2D eigenvalue weighted by Crippen LogP contribution is -2.32. The number of hydrogen-bond donors (Lipinski definition) is 1. The molecule has 0 spiro atoms. The Morgan fingerprint density at radius 3 is 2.70 bits per heavy atom. The lowest BCUT2D eigenvalue weighted by atomic mass is 10.2. The average Bonchev–Trinajstić information content (AvgIpc) is 2.90. The Balaban J connectivity index is 2.12. The number of rotatable bonds is 6. The largest absolute Gasteiger partial charge is 0.334 e. The summed E-state index contributed by atoms with van der Waals surface area (Å²) in [6.07, 6.45) is 2.46. The van der Waals surface area contributed by atoms with Crippen LogP contribution < -0.4 is 5.73 Å². The van der Waals surface area contributed by atoms with E-state index >= 15 is 0 Å². The normalized spacial score (nSPS) is 10.5. The third kappa shape index (κ3) is 3.88. The molecule has 0 saturated carbocycles. The van der Waals surface area contributed by atoms with Crippen LogP contribution in [0.15, 0.2) is 36.5 Å². The summed E-state index contributed by atoms with van der Waals surface area (Å²) < 4.78 is 0. The van der Waals surface area contributed by atoms with Crippen molar-refractivity contribution in [2.75, 3.05) is 13.1 Å². The van der Waals surface area contributed by atoms with E-state index in [9.17, 15) is 4.79 Å². The molecule has 5 heteroatoms. The molecule has 2 aromatic rings. The Hall–Kier alpha value is -1.72. The summed E-state index contributed by atoms with van der Waals surface area (Å²) in [5.41, 5.74) is 6.69. The van der Waals surface area contributed by atoms with Gasteiger partial charge in [-0.3, -0.25) is 4.79 Å². The van der Waals surface area contributed by atoms with Gasteiger partial charge >= 0.3 is 0 Å². The highest BCUT2D eigenvalue weighted by atomic mass is 32.1. The van der Waals surface area contributed by atoms with Gasteiger partial charge in [0.25, 0.3) is 5.91 Å². The lowest BCUT2D eigenvalue weighted by molar-refractivity contribution is 0.0747. The van der Waals surface area contributed by atoms with Gasteiger partial charge in [0.05, 0.1) is 11.2 Å². The average molecular weight is 289 g/mol. The first-order valence-corrected chi connectivity index (χ1v) is 7.48. The van der Waals surface area contributed by atoms with Crippen LogP contribution in [0.2, 0.25) is 0 Å². The number of amides is 1. The second-order valence-corrected chi connectivity index (χ2v) is 5.83. The molecule has 4 nitrogen and oxygen atoms in total. The van der Waals surface area contributed by atoms with Gasteiger partial charge < -0.3 is 10.6 Å². The van der Waals surface area contributed by atoms with Crippen LogP contribution in [0.3, 0.4) is 0 Å². The van der Waals surface area contributed by atoms with Gasteiger partial charge in [-0.1, -0.05) is 30.3 Å². The first-order valence-electron chi connectivity index (χ1n) is 6.66. The molecule has 0 atom stereocenters. The minimum atomic E-state index is 0.0351. The zero-order valence-corrected chi connectivity index (χ0v) is 12.4. The molecule has 106 valence electrons. The fourth-order valence-corrected chi connectivity index (χ4v) is 2.70. The summed E-state index contributed by atoms with van der Waals surface area (Å²) in [5.74, 6) is 0.0351. The number of thiazole rings is 1. The zero-order valence-electron chi connectivity index (χ0n) is 11.6. The number of carbonyl (C=O) groups excluding carboxylic acids is 1. The molecule has 20 heavy (non-hydrogen) atoms. The number of benzene rings is 1. The van der Waals surface area contributed by atoms with Gasteiger partial charge in [0.15, 0.2) is 0 Å². The highest BCUT2D eigenvalue weighted by Crippen LogP contribution is 2.16. The summed E-state index contributed by atoms with van der Waals surface area (Å²) in [7, 11) is 0. The van der Waals surface area contributed by atoms with Gasteiger partial charge in [-0.25, -0.2) is 4.98 Å². The predicted octanol–water partition coefficient (Wildman–Crippen LogP) is 2.44. The van der Waals surface area contributed by atoms with Gasteiger partial charge in [-0.05, 0) is 25.5 Å². The van der Waals surface area contributed by atoms with Crippen LogP contribution in [0, 0.1) is 6.92 Å². The van der Waals surface area contributed by atoms with Crippen LogP contribution in [0.1, 0.15) is 26.7 Å². The summed E-state index contributed by atoms with van der Waals surface area (Å²) in [4.78, 5) is 19.2. The first kappa shape index (κ1) is 14.7. The van der Waals surface area contributed by atoms with E-state index in [4.69, 9.17) is 5.73 Å². The summed E-state index contributed by atoms with van der Waals surface area (Å²) in [6, 6.07) is 10.00. The predicted molar refractivity (Wildman–Crippen MR) is 81.7 cm³/mol. The van der Waals surface area contributed by atoms with Crippen LogP contribution >= 0.6 is 11.3 Å². The van der Waals surface area contributed by atoms with E-state index in [0.29, 0.717) is 24.5 Å². The number of hydrogen-bond acceptors (Lipinski definition) is 4. The van der Waals surface area contributed by atoms with Gasteiger partial charge in [0.1, 0.15) is 4.88 Å². The molecule has 0 fully saturated rings. The number of nitrogens with zero attached hydrogens (tertiary/aromatic N) is 2. The topological polar surface area (TPSA) is 59.2 Å². The van der Waals surface area contributed by atoms with Crippen LogP contribution in [0.25, 0.3) is 0 Å². The van der Waals surface area contributed by atoms with E-state index < -0.39 is 0 Å². The Morgan fingerprint density at radius 2 is 2.10 bits per heavy atom. The molecular formula is C15H19N3OS. The molecule has 2 rings (SSSR count). The highest BCUT2D eigenvalue weighted by Gasteiger charge is 2.17.